The number of aryl methyl sites for hydroxylation is 1. The molecule has 0 radical (unpaired) electrons. The molecule has 3 rings (SSSR count). The van der Waals surface area contributed by atoms with E-state index in [1.165, 1.54) is 17.4 Å². The van der Waals surface area contributed by atoms with Gasteiger partial charge in [-0.2, -0.15) is 0 Å². The van der Waals surface area contributed by atoms with Crippen molar-refractivity contribution in [1.29, 1.82) is 0 Å². The standard InChI is InChI=1S/C19H18FNO3S/c1-12-17-15(20)7-4-8-16(17)25-18(12)19(22)21-13-5-3-6-14(11-13)24-10-9-23-2/h3-8,11H,9-10H2,1-2H3,(H,21,22). The van der Waals surface area contributed by atoms with E-state index in [2.05, 4.69) is 5.32 Å². The lowest BCUT2D eigenvalue weighted by atomic mass is 10.1. The van der Waals surface area contributed by atoms with E-state index < -0.39 is 0 Å². The van der Waals surface area contributed by atoms with Crippen LogP contribution < -0.4 is 10.1 Å². The smallest absolute Gasteiger partial charge is 0.266 e. The monoisotopic (exact) mass is 359 g/mol. The Bertz CT molecular complexity index is 907. The summed E-state index contributed by atoms with van der Waals surface area (Å²) >= 11 is 1.29. The third-order valence-electron chi connectivity index (χ3n) is 3.76. The van der Waals surface area contributed by atoms with Gasteiger partial charge in [-0.3, -0.25) is 4.79 Å². The van der Waals surface area contributed by atoms with Crippen molar-refractivity contribution in [1.82, 2.24) is 0 Å². The molecule has 1 aromatic heterocycles. The molecule has 130 valence electrons. The minimum atomic E-state index is -0.307. The topological polar surface area (TPSA) is 47.6 Å². The summed E-state index contributed by atoms with van der Waals surface area (Å²) < 4.78 is 25.2. The average Bonchev–Trinajstić information content (AvgIpc) is 2.94. The van der Waals surface area contributed by atoms with Gasteiger partial charge in [-0.25, -0.2) is 4.39 Å². The van der Waals surface area contributed by atoms with Crippen molar-refractivity contribution in [3.8, 4) is 5.75 Å². The van der Waals surface area contributed by atoms with Crippen LogP contribution in [0.25, 0.3) is 10.1 Å². The first-order valence-electron chi connectivity index (χ1n) is 7.81. The number of hydrogen-bond acceptors (Lipinski definition) is 4. The molecule has 0 unspecified atom stereocenters. The minimum absolute atomic E-state index is 0.257. The van der Waals surface area contributed by atoms with E-state index in [9.17, 15) is 9.18 Å². The summed E-state index contributed by atoms with van der Waals surface area (Å²) in [5.41, 5.74) is 1.28. The predicted octanol–water partition coefficient (Wildman–Crippen LogP) is 4.63. The Balaban J connectivity index is 1.80. The number of carbonyl (C=O) groups excluding carboxylic acids is 1. The molecule has 1 amide bonds. The number of nitrogens with one attached hydrogen (secondary N) is 1. The molecule has 0 saturated carbocycles. The van der Waals surface area contributed by atoms with Crippen LogP contribution in [0.1, 0.15) is 15.2 Å². The molecule has 1 N–H and O–H groups in total. The molecule has 6 heteroatoms. The Morgan fingerprint density at radius 2 is 2.00 bits per heavy atom. The van der Waals surface area contributed by atoms with Crippen LogP contribution in [-0.2, 0) is 4.74 Å². The van der Waals surface area contributed by atoms with Crippen LogP contribution in [0, 0.1) is 12.7 Å². The van der Waals surface area contributed by atoms with Crippen LogP contribution in [0.4, 0.5) is 10.1 Å². The molecular weight excluding hydrogens is 341 g/mol. The molecule has 3 aromatic rings. The van der Waals surface area contributed by atoms with Gasteiger partial charge in [-0.05, 0) is 36.8 Å². The average molecular weight is 359 g/mol. The Labute approximate surface area is 149 Å². The highest BCUT2D eigenvalue weighted by Crippen LogP contribution is 2.33. The minimum Gasteiger partial charge on any atom is -0.491 e. The van der Waals surface area contributed by atoms with Crippen molar-refractivity contribution in [3.05, 3.63) is 58.7 Å². The van der Waals surface area contributed by atoms with E-state index in [0.29, 0.717) is 40.5 Å². The van der Waals surface area contributed by atoms with Gasteiger partial charge in [0.05, 0.1) is 11.5 Å². The fourth-order valence-electron chi connectivity index (χ4n) is 2.56. The molecule has 0 atom stereocenters. The lowest BCUT2D eigenvalue weighted by Gasteiger charge is -2.08. The number of methoxy groups -OCH3 is 1. The van der Waals surface area contributed by atoms with Gasteiger partial charge >= 0.3 is 0 Å². The number of amides is 1. The van der Waals surface area contributed by atoms with Crippen LogP contribution in [0.15, 0.2) is 42.5 Å². The van der Waals surface area contributed by atoms with Gasteiger partial charge in [-0.1, -0.05) is 12.1 Å². The number of benzene rings is 2. The van der Waals surface area contributed by atoms with Crippen LogP contribution in [-0.4, -0.2) is 26.2 Å². The van der Waals surface area contributed by atoms with Crippen molar-refractivity contribution in [2.24, 2.45) is 0 Å². The van der Waals surface area contributed by atoms with E-state index in [4.69, 9.17) is 9.47 Å². The number of hydrogen-bond donors (Lipinski definition) is 1. The van der Waals surface area contributed by atoms with E-state index >= 15 is 0 Å². The van der Waals surface area contributed by atoms with Crippen molar-refractivity contribution in [2.75, 3.05) is 25.6 Å². The van der Waals surface area contributed by atoms with Gasteiger partial charge in [0.2, 0.25) is 0 Å². The zero-order valence-electron chi connectivity index (χ0n) is 14.0. The normalized spacial score (nSPS) is 10.8. The maximum absolute atomic E-state index is 14.0. The highest BCUT2D eigenvalue weighted by molar-refractivity contribution is 7.21. The fourth-order valence-corrected chi connectivity index (χ4v) is 3.68. The van der Waals surface area contributed by atoms with E-state index in [1.807, 2.05) is 12.1 Å². The summed E-state index contributed by atoms with van der Waals surface area (Å²) in [4.78, 5) is 13.1. The van der Waals surface area contributed by atoms with Crippen LogP contribution in [0.2, 0.25) is 0 Å². The summed E-state index contributed by atoms with van der Waals surface area (Å²) in [5, 5.41) is 3.36. The largest absolute Gasteiger partial charge is 0.491 e. The van der Waals surface area contributed by atoms with E-state index in [-0.39, 0.29) is 11.7 Å². The summed E-state index contributed by atoms with van der Waals surface area (Å²) in [6, 6.07) is 12.0. The second kappa shape index (κ2) is 7.63. The molecule has 0 bridgehead atoms. The molecule has 0 aliphatic carbocycles. The molecule has 0 spiro atoms. The quantitative estimate of drug-likeness (QED) is 0.653. The molecule has 0 aliphatic heterocycles. The molecule has 4 nitrogen and oxygen atoms in total. The summed E-state index contributed by atoms with van der Waals surface area (Å²) in [5.74, 6) is 0.0833. The number of fused-ring (bicyclic) bond motifs is 1. The first kappa shape index (κ1) is 17.4. The lowest BCUT2D eigenvalue weighted by Crippen LogP contribution is -2.11. The predicted molar refractivity (Wildman–Crippen MR) is 98.3 cm³/mol. The second-order valence-corrected chi connectivity index (χ2v) is 6.54. The van der Waals surface area contributed by atoms with Crippen LogP contribution in [0.3, 0.4) is 0 Å². The van der Waals surface area contributed by atoms with Crippen molar-refractivity contribution in [2.45, 2.75) is 6.92 Å². The van der Waals surface area contributed by atoms with Crippen LogP contribution >= 0.6 is 11.3 Å². The molecule has 25 heavy (non-hydrogen) atoms. The summed E-state index contributed by atoms with van der Waals surface area (Å²) in [7, 11) is 1.61. The number of halogens is 1. The van der Waals surface area contributed by atoms with Gasteiger partial charge in [0.15, 0.2) is 0 Å². The summed E-state index contributed by atoms with van der Waals surface area (Å²) in [6.07, 6.45) is 0. The van der Waals surface area contributed by atoms with E-state index in [1.54, 1.807) is 38.3 Å². The van der Waals surface area contributed by atoms with Gasteiger partial charge in [0.25, 0.3) is 5.91 Å². The number of carbonyl (C=O) groups is 1. The molecular formula is C19H18FNO3S. The fraction of sp³-hybridized carbons (Fsp3) is 0.211. The van der Waals surface area contributed by atoms with Crippen molar-refractivity contribution >= 4 is 33.0 Å². The number of anilines is 1. The first-order chi connectivity index (χ1) is 12.1. The van der Waals surface area contributed by atoms with Gasteiger partial charge in [0, 0.05) is 28.9 Å². The Morgan fingerprint density at radius 3 is 2.76 bits per heavy atom. The maximum Gasteiger partial charge on any atom is 0.266 e. The third kappa shape index (κ3) is 3.81. The SMILES string of the molecule is COCCOc1cccc(NC(=O)c2sc3cccc(F)c3c2C)c1. The first-order valence-corrected chi connectivity index (χ1v) is 8.62. The number of ether oxygens (including phenoxy) is 2. The molecule has 2 aromatic carbocycles. The Hall–Kier alpha value is -2.44. The zero-order chi connectivity index (χ0) is 17.8. The zero-order valence-corrected chi connectivity index (χ0v) is 14.8. The molecule has 0 saturated heterocycles. The maximum atomic E-state index is 14.0. The van der Waals surface area contributed by atoms with Gasteiger partial charge in [0.1, 0.15) is 18.2 Å². The second-order valence-electron chi connectivity index (χ2n) is 5.49. The molecule has 0 fully saturated rings. The Kier molecular flexibility index (Phi) is 5.31. The van der Waals surface area contributed by atoms with Crippen molar-refractivity contribution in [3.63, 3.8) is 0 Å². The highest BCUT2D eigenvalue weighted by Gasteiger charge is 2.18. The molecule has 1 heterocycles. The number of thiophene rings is 1. The number of rotatable bonds is 6. The summed E-state index contributed by atoms with van der Waals surface area (Å²) in [6.45, 7) is 2.69. The molecule has 0 aliphatic rings. The van der Waals surface area contributed by atoms with Gasteiger partial charge in [-0.15, -0.1) is 11.3 Å². The van der Waals surface area contributed by atoms with Crippen LogP contribution in [0.5, 0.6) is 5.75 Å². The van der Waals surface area contributed by atoms with Crippen molar-refractivity contribution < 1.29 is 18.7 Å². The lowest BCUT2D eigenvalue weighted by molar-refractivity contribution is 0.103. The third-order valence-corrected chi connectivity index (χ3v) is 5.01. The van der Waals surface area contributed by atoms with E-state index in [0.717, 1.165) is 4.70 Å². The highest BCUT2D eigenvalue weighted by atomic mass is 32.1. The van der Waals surface area contributed by atoms with Gasteiger partial charge < -0.3 is 14.8 Å². The Morgan fingerprint density at radius 1 is 1.20 bits per heavy atom.